The average molecular weight is 702 g/mol. The molecule has 1 aromatic heterocycles. The Kier molecular flexibility index (Phi) is 7.71. The highest BCUT2D eigenvalue weighted by atomic mass is 14.6. The monoisotopic (exact) mass is 701 g/mol. The van der Waals surface area contributed by atoms with Crippen molar-refractivity contribution in [2.75, 3.05) is 0 Å². The van der Waals surface area contributed by atoms with E-state index >= 15 is 0 Å². The molecule has 0 atom stereocenters. The molecule has 0 unspecified atom stereocenters. The summed E-state index contributed by atoms with van der Waals surface area (Å²) in [5.74, 6) is 0. The van der Waals surface area contributed by atoms with Gasteiger partial charge >= 0.3 is 0 Å². The molecule has 8 aromatic rings. The van der Waals surface area contributed by atoms with Gasteiger partial charge in [0.2, 0.25) is 0 Å². The van der Waals surface area contributed by atoms with Crippen molar-refractivity contribution >= 4 is 54.7 Å². The predicted octanol–water partition coefficient (Wildman–Crippen LogP) is 15.0. The quantitative estimate of drug-likeness (QED) is 0.161. The topological polar surface area (TPSA) is 12.9 Å². The first-order chi connectivity index (χ1) is 27.1. The lowest BCUT2D eigenvalue weighted by molar-refractivity contribution is 1.41. The molecule has 1 heteroatoms. The van der Waals surface area contributed by atoms with E-state index in [1.807, 2.05) is 12.3 Å². The molecule has 0 bridgehead atoms. The number of benzene rings is 7. The summed E-state index contributed by atoms with van der Waals surface area (Å²) in [4.78, 5) is 4.65. The predicted molar refractivity (Wildman–Crippen MR) is 238 cm³/mol. The Balaban J connectivity index is 1.22. The Hall–Kier alpha value is -6.83. The van der Waals surface area contributed by atoms with Crippen LogP contribution in [0.15, 0.2) is 177 Å². The summed E-state index contributed by atoms with van der Waals surface area (Å²) in [6.45, 7) is 10.7. The maximum atomic E-state index is 4.65. The second-order valence-corrected chi connectivity index (χ2v) is 14.6. The van der Waals surface area contributed by atoms with Crippen molar-refractivity contribution in [2.24, 2.45) is 0 Å². The van der Waals surface area contributed by atoms with Crippen LogP contribution in [0.5, 0.6) is 0 Å². The molecule has 10 rings (SSSR count). The number of pyridine rings is 1. The van der Waals surface area contributed by atoms with Gasteiger partial charge < -0.3 is 0 Å². The van der Waals surface area contributed by atoms with Crippen molar-refractivity contribution in [3.05, 3.63) is 199 Å². The average Bonchev–Trinajstić information content (AvgIpc) is 3.69. The van der Waals surface area contributed by atoms with E-state index in [0.29, 0.717) is 0 Å². The molecule has 55 heavy (non-hydrogen) atoms. The largest absolute Gasteiger partial charge is 0.256 e. The van der Waals surface area contributed by atoms with Gasteiger partial charge in [-0.3, -0.25) is 4.98 Å². The van der Waals surface area contributed by atoms with Crippen molar-refractivity contribution in [1.82, 2.24) is 4.98 Å². The zero-order valence-electron chi connectivity index (χ0n) is 31.3. The van der Waals surface area contributed by atoms with Crippen LogP contribution in [0.4, 0.5) is 0 Å². The third-order valence-electron chi connectivity index (χ3n) is 11.6. The van der Waals surface area contributed by atoms with Gasteiger partial charge in [-0.15, -0.1) is 0 Å². The molecule has 0 spiro atoms. The summed E-state index contributed by atoms with van der Waals surface area (Å²) >= 11 is 0. The first-order valence-corrected chi connectivity index (χ1v) is 19.1. The normalized spacial score (nSPS) is 13.5. The van der Waals surface area contributed by atoms with Gasteiger partial charge in [0.25, 0.3) is 0 Å². The molecule has 0 aliphatic heterocycles. The molecule has 0 fully saturated rings. The Bertz CT molecular complexity index is 3070. The number of fused-ring (bicyclic) bond motifs is 1. The standard InChI is InChI=1S/C54H39N/c1-5-13-40-33(4)41-23-24-42(48-19-11-18-47(40)53(41)48)37-30-36(34-15-10-16-35(29-34)44-27-28-55-52-22-9-8-17-46(44)52)31-38(32-37)43-25-26-51-39(7-3)45(14-6-2)50-21-12-20-49(43)54(50)51/h5-32H,3H2,1-2,4H3/b13-5-,14-6-. The number of rotatable bonds is 7. The molecule has 0 amide bonds. The van der Waals surface area contributed by atoms with E-state index in [1.165, 1.54) is 111 Å². The zero-order chi connectivity index (χ0) is 37.2. The smallest absolute Gasteiger partial charge is 0.0708 e. The molecule has 7 aromatic carbocycles. The number of hydrogen-bond acceptors (Lipinski definition) is 1. The lowest BCUT2D eigenvalue weighted by atomic mass is 9.87. The summed E-state index contributed by atoms with van der Waals surface area (Å²) in [6, 6.07) is 49.5. The van der Waals surface area contributed by atoms with Crippen LogP contribution in [-0.2, 0) is 0 Å². The minimum Gasteiger partial charge on any atom is -0.256 e. The minimum atomic E-state index is 1.00. The summed E-state index contributed by atoms with van der Waals surface area (Å²) in [5, 5.41) is 6.33. The van der Waals surface area contributed by atoms with Gasteiger partial charge in [-0.25, -0.2) is 0 Å². The fourth-order valence-corrected chi connectivity index (χ4v) is 9.21. The van der Waals surface area contributed by atoms with Gasteiger partial charge in [-0.1, -0.05) is 134 Å². The first-order valence-electron chi connectivity index (χ1n) is 19.1. The van der Waals surface area contributed by atoms with E-state index < -0.39 is 0 Å². The Morgan fingerprint density at radius 2 is 0.964 bits per heavy atom. The second kappa shape index (κ2) is 12.9. The second-order valence-electron chi connectivity index (χ2n) is 14.6. The van der Waals surface area contributed by atoms with Crippen LogP contribution in [0, 0.1) is 0 Å². The van der Waals surface area contributed by atoms with Crippen molar-refractivity contribution in [2.45, 2.75) is 20.8 Å². The molecule has 260 valence electrons. The van der Waals surface area contributed by atoms with Crippen LogP contribution in [-0.4, -0.2) is 4.98 Å². The molecule has 0 N–H and O–H groups in total. The van der Waals surface area contributed by atoms with Crippen molar-refractivity contribution in [1.29, 1.82) is 0 Å². The van der Waals surface area contributed by atoms with E-state index in [1.54, 1.807) is 0 Å². The van der Waals surface area contributed by atoms with E-state index in [2.05, 4.69) is 190 Å². The highest BCUT2D eigenvalue weighted by Crippen LogP contribution is 2.49. The molecule has 1 nitrogen and oxygen atoms in total. The van der Waals surface area contributed by atoms with Crippen molar-refractivity contribution < 1.29 is 0 Å². The van der Waals surface area contributed by atoms with E-state index in [4.69, 9.17) is 0 Å². The fraction of sp³-hybridized carbons (Fsp3) is 0.0556. The van der Waals surface area contributed by atoms with Gasteiger partial charge in [0.1, 0.15) is 0 Å². The fourth-order valence-electron chi connectivity index (χ4n) is 9.21. The maximum Gasteiger partial charge on any atom is 0.0708 e. The van der Waals surface area contributed by atoms with Crippen LogP contribution in [0.1, 0.15) is 43.0 Å². The Labute approximate surface area is 322 Å². The molecule has 1 heterocycles. The molecular formula is C54H39N. The molecule has 2 aliphatic rings. The third-order valence-corrected chi connectivity index (χ3v) is 11.6. The Morgan fingerprint density at radius 3 is 1.69 bits per heavy atom. The van der Waals surface area contributed by atoms with E-state index in [9.17, 15) is 0 Å². The van der Waals surface area contributed by atoms with Gasteiger partial charge in [0.15, 0.2) is 0 Å². The molecule has 2 aliphatic carbocycles. The summed E-state index contributed by atoms with van der Waals surface area (Å²) < 4.78 is 0. The van der Waals surface area contributed by atoms with E-state index in [0.717, 1.165) is 10.9 Å². The number of hydrogen-bond donors (Lipinski definition) is 0. The highest BCUT2D eigenvalue weighted by Gasteiger charge is 2.24. The molecular weight excluding hydrogens is 663 g/mol. The number of para-hydroxylation sites is 1. The van der Waals surface area contributed by atoms with Gasteiger partial charge in [-0.2, -0.15) is 0 Å². The van der Waals surface area contributed by atoms with Gasteiger partial charge in [0, 0.05) is 11.6 Å². The highest BCUT2D eigenvalue weighted by molar-refractivity contribution is 6.21. The van der Waals surface area contributed by atoms with Crippen LogP contribution >= 0.6 is 0 Å². The van der Waals surface area contributed by atoms with E-state index in [-0.39, 0.29) is 0 Å². The van der Waals surface area contributed by atoms with Gasteiger partial charge in [-0.05, 0) is 168 Å². The molecule has 0 saturated carbocycles. The summed E-state index contributed by atoms with van der Waals surface area (Å²) in [6.07, 6.45) is 12.7. The lowest BCUT2D eigenvalue weighted by Crippen LogP contribution is -1.91. The van der Waals surface area contributed by atoms with Crippen LogP contribution < -0.4 is 0 Å². The Morgan fingerprint density at radius 1 is 0.436 bits per heavy atom. The summed E-state index contributed by atoms with van der Waals surface area (Å²) in [5.41, 5.74) is 20.8. The number of aromatic nitrogens is 1. The van der Waals surface area contributed by atoms with Crippen molar-refractivity contribution in [3.63, 3.8) is 0 Å². The van der Waals surface area contributed by atoms with Gasteiger partial charge in [0.05, 0.1) is 5.52 Å². The number of nitrogens with zero attached hydrogens (tertiary/aromatic N) is 1. The maximum absolute atomic E-state index is 4.65. The van der Waals surface area contributed by atoms with Crippen LogP contribution in [0.2, 0.25) is 0 Å². The lowest BCUT2D eigenvalue weighted by Gasteiger charge is -2.16. The summed E-state index contributed by atoms with van der Waals surface area (Å²) in [7, 11) is 0. The molecule has 0 radical (unpaired) electrons. The third kappa shape index (κ3) is 5.04. The van der Waals surface area contributed by atoms with Crippen molar-refractivity contribution in [3.8, 4) is 44.5 Å². The first kappa shape index (κ1) is 32.8. The zero-order valence-corrected chi connectivity index (χ0v) is 31.3. The number of allylic oxidation sites excluding steroid dienone is 9. The van der Waals surface area contributed by atoms with Crippen LogP contribution in [0.25, 0.3) is 99.2 Å². The molecule has 0 saturated heterocycles. The minimum absolute atomic E-state index is 1.00. The SMILES string of the molecule is C=CC1=C(/C=C\C)c2cccc3c(-c4cc(-c5cccc(-c6ccnc7ccccc67)c5)cc(-c5ccc6c7c(cccc57)C(/C=C\C)=C6C)c4)ccc1c23. The van der Waals surface area contributed by atoms with Crippen LogP contribution in [0.3, 0.4) is 0 Å².